The van der Waals surface area contributed by atoms with Crippen molar-refractivity contribution in [1.82, 2.24) is 4.98 Å². The van der Waals surface area contributed by atoms with Gasteiger partial charge in [0.1, 0.15) is 5.60 Å². The van der Waals surface area contributed by atoms with Crippen LogP contribution in [0.4, 0.5) is 0 Å². The Hall–Kier alpha value is -0.930. The highest BCUT2D eigenvalue weighted by molar-refractivity contribution is 5.19. The van der Waals surface area contributed by atoms with Gasteiger partial charge in [-0.1, -0.05) is 6.07 Å². The minimum atomic E-state index is -0.958. The maximum absolute atomic E-state index is 9.72. The summed E-state index contributed by atoms with van der Waals surface area (Å²) in [6.07, 6.45) is 1.65. The molecule has 0 aliphatic carbocycles. The van der Waals surface area contributed by atoms with E-state index < -0.39 is 5.60 Å². The molecule has 0 fully saturated rings. The second-order valence-corrected chi connectivity index (χ2v) is 3.17. The molecule has 0 aliphatic rings. The number of nitrogens with two attached hydrogens (primary N) is 1. The Morgan fingerprint density at radius 1 is 1.58 bits per heavy atom. The molecule has 0 amide bonds. The lowest BCUT2D eigenvalue weighted by atomic mass is 9.98. The third-order valence-corrected chi connectivity index (χ3v) is 1.93. The number of rotatable bonds is 2. The van der Waals surface area contributed by atoms with Crippen LogP contribution in [0, 0.1) is 6.92 Å². The number of nitrogens with zero attached hydrogens (tertiary/aromatic N) is 1. The molecule has 1 aromatic rings. The van der Waals surface area contributed by atoms with E-state index >= 15 is 0 Å². The molecule has 0 aromatic carbocycles. The summed E-state index contributed by atoms with van der Waals surface area (Å²) >= 11 is 0. The number of aryl methyl sites for hydroxylation is 1. The molecule has 3 N–H and O–H groups in total. The number of hydrogen-bond acceptors (Lipinski definition) is 3. The van der Waals surface area contributed by atoms with E-state index in [0.29, 0.717) is 0 Å². The van der Waals surface area contributed by atoms with E-state index in [0.717, 1.165) is 11.3 Å². The minimum absolute atomic E-state index is 0.206. The second-order valence-electron chi connectivity index (χ2n) is 3.17. The van der Waals surface area contributed by atoms with Crippen LogP contribution in [-0.2, 0) is 5.60 Å². The van der Waals surface area contributed by atoms with Gasteiger partial charge in [0.05, 0.1) is 0 Å². The number of hydrogen-bond donors (Lipinski definition) is 2. The van der Waals surface area contributed by atoms with Gasteiger partial charge in [-0.25, -0.2) is 0 Å². The van der Waals surface area contributed by atoms with Gasteiger partial charge < -0.3 is 10.8 Å². The van der Waals surface area contributed by atoms with Crippen molar-refractivity contribution in [3.63, 3.8) is 0 Å². The molecule has 0 aliphatic heterocycles. The molecular formula is C9H14N2O. The predicted molar refractivity (Wildman–Crippen MR) is 47.6 cm³/mol. The number of pyridine rings is 1. The Kier molecular flexibility index (Phi) is 2.45. The molecule has 1 rings (SSSR count). The van der Waals surface area contributed by atoms with Crippen LogP contribution in [0.15, 0.2) is 18.3 Å². The maximum Gasteiger partial charge on any atom is 0.100 e. The molecule has 1 unspecified atom stereocenters. The smallest absolute Gasteiger partial charge is 0.100 e. The van der Waals surface area contributed by atoms with Crippen LogP contribution in [-0.4, -0.2) is 16.6 Å². The van der Waals surface area contributed by atoms with Gasteiger partial charge in [-0.15, -0.1) is 0 Å². The summed E-state index contributed by atoms with van der Waals surface area (Å²) in [6.45, 7) is 3.79. The highest BCUT2D eigenvalue weighted by Crippen LogP contribution is 2.17. The summed E-state index contributed by atoms with van der Waals surface area (Å²) in [4.78, 5) is 4.08. The first-order valence-corrected chi connectivity index (χ1v) is 3.92. The van der Waals surface area contributed by atoms with Crippen molar-refractivity contribution in [2.45, 2.75) is 19.4 Å². The summed E-state index contributed by atoms with van der Waals surface area (Å²) in [7, 11) is 0. The van der Waals surface area contributed by atoms with Gasteiger partial charge in [-0.2, -0.15) is 0 Å². The molecule has 0 radical (unpaired) electrons. The van der Waals surface area contributed by atoms with Crippen LogP contribution >= 0.6 is 0 Å². The first kappa shape index (κ1) is 9.16. The molecule has 1 atom stereocenters. The first-order valence-electron chi connectivity index (χ1n) is 3.92. The SMILES string of the molecule is Cc1ccc(C(C)(O)CN)cn1. The molecule has 0 saturated carbocycles. The number of aliphatic hydroxyl groups is 1. The van der Waals surface area contributed by atoms with Gasteiger partial charge in [-0.3, -0.25) is 4.98 Å². The Morgan fingerprint density at radius 2 is 2.25 bits per heavy atom. The van der Waals surface area contributed by atoms with Gasteiger partial charge in [0.2, 0.25) is 0 Å². The summed E-state index contributed by atoms with van der Waals surface area (Å²) in [5.74, 6) is 0. The Labute approximate surface area is 72.2 Å². The highest BCUT2D eigenvalue weighted by Gasteiger charge is 2.20. The van der Waals surface area contributed by atoms with Gasteiger partial charge in [0.25, 0.3) is 0 Å². The standard InChI is InChI=1S/C9H14N2O/c1-7-3-4-8(5-11-7)9(2,12)6-10/h3-5,12H,6,10H2,1-2H3. The predicted octanol–water partition coefficient (Wildman–Crippen LogP) is 0.556. The minimum Gasteiger partial charge on any atom is -0.384 e. The van der Waals surface area contributed by atoms with E-state index in [1.165, 1.54) is 0 Å². The molecule has 12 heavy (non-hydrogen) atoms. The van der Waals surface area contributed by atoms with E-state index in [9.17, 15) is 5.11 Å². The quantitative estimate of drug-likeness (QED) is 0.674. The fraction of sp³-hybridized carbons (Fsp3) is 0.444. The van der Waals surface area contributed by atoms with E-state index in [1.54, 1.807) is 13.1 Å². The monoisotopic (exact) mass is 166 g/mol. The third kappa shape index (κ3) is 1.81. The van der Waals surface area contributed by atoms with Crippen LogP contribution < -0.4 is 5.73 Å². The van der Waals surface area contributed by atoms with Crippen LogP contribution in [0.25, 0.3) is 0 Å². The van der Waals surface area contributed by atoms with Crippen molar-refractivity contribution in [3.8, 4) is 0 Å². The molecule has 1 aromatic heterocycles. The zero-order valence-corrected chi connectivity index (χ0v) is 7.41. The molecular weight excluding hydrogens is 152 g/mol. The molecule has 0 saturated heterocycles. The van der Waals surface area contributed by atoms with Crippen molar-refractivity contribution in [3.05, 3.63) is 29.6 Å². The lowest BCUT2D eigenvalue weighted by molar-refractivity contribution is 0.0664. The molecule has 0 bridgehead atoms. The average Bonchev–Trinajstić information content (AvgIpc) is 2.05. The second kappa shape index (κ2) is 3.21. The molecule has 66 valence electrons. The lowest BCUT2D eigenvalue weighted by Gasteiger charge is -2.20. The van der Waals surface area contributed by atoms with Crippen molar-refractivity contribution in [2.24, 2.45) is 5.73 Å². The van der Waals surface area contributed by atoms with Gasteiger partial charge in [0.15, 0.2) is 0 Å². The summed E-state index contributed by atoms with van der Waals surface area (Å²) < 4.78 is 0. The van der Waals surface area contributed by atoms with Crippen LogP contribution in [0.2, 0.25) is 0 Å². The zero-order chi connectivity index (χ0) is 9.19. The van der Waals surface area contributed by atoms with Gasteiger partial charge >= 0.3 is 0 Å². The first-order chi connectivity index (χ1) is 5.56. The fourth-order valence-electron chi connectivity index (χ4n) is 0.904. The molecule has 3 heteroatoms. The van der Waals surface area contributed by atoms with Crippen molar-refractivity contribution in [2.75, 3.05) is 6.54 Å². The van der Waals surface area contributed by atoms with Crippen LogP contribution in [0.5, 0.6) is 0 Å². The van der Waals surface area contributed by atoms with Gasteiger partial charge in [0, 0.05) is 24.0 Å². The molecule has 0 spiro atoms. The van der Waals surface area contributed by atoms with E-state index in [2.05, 4.69) is 4.98 Å². The fourth-order valence-corrected chi connectivity index (χ4v) is 0.904. The van der Waals surface area contributed by atoms with Crippen molar-refractivity contribution < 1.29 is 5.11 Å². The Morgan fingerprint density at radius 3 is 2.67 bits per heavy atom. The zero-order valence-electron chi connectivity index (χ0n) is 7.41. The summed E-state index contributed by atoms with van der Waals surface area (Å²) in [6, 6.07) is 3.70. The Bertz CT molecular complexity index is 254. The van der Waals surface area contributed by atoms with E-state index in [-0.39, 0.29) is 6.54 Å². The Balaban J connectivity index is 2.96. The van der Waals surface area contributed by atoms with Crippen molar-refractivity contribution in [1.29, 1.82) is 0 Å². The average molecular weight is 166 g/mol. The maximum atomic E-state index is 9.72. The molecule has 3 nitrogen and oxygen atoms in total. The van der Waals surface area contributed by atoms with Crippen LogP contribution in [0.1, 0.15) is 18.2 Å². The normalized spacial score (nSPS) is 15.7. The topological polar surface area (TPSA) is 59.1 Å². The van der Waals surface area contributed by atoms with Crippen LogP contribution in [0.3, 0.4) is 0 Å². The van der Waals surface area contributed by atoms with E-state index in [4.69, 9.17) is 5.73 Å². The third-order valence-electron chi connectivity index (χ3n) is 1.93. The van der Waals surface area contributed by atoms with Crippen molar-refractivity contribution >= 4 is 0 Å². The van der Waals surface area contributed by atoms with E-state index in [1.807, 2.05) is 19.1 Å². The van der Waals surface area contributed by atoms with Gasteiger partial charge in [-0.05, 0) is 19.9 Å². The summed E-state index contributed by atoms with van der Waals surface area (Å²) in [5.41, 5.74) is 6.14. The molecule has 1 heterocycles. The highest BCUT2D eigenvalue weighted by atomic mass is 16.3. The number of aromatic nitrogens is 1. The largest absolute Gasteiger partial charge is 0.384 e. The summed E-state index contributed by atoms with van der Waals surface area (Å²) in [5, 5.41) is 9.72. The lowest BCUT2D eigenvalue weighted by Crippen LogP contribution is -2.31.